The van der Waals surface area contributed by atoms with E-state index < -0.39 is 5.79 Å². The Balaban J connectivity index is 1.54. The molecule has 8 heteroatoms. The molecule has 6 rings (SSSR count). The van der Waals surface area contributed by atoms with Gasteiger partial charge in [-0.2, -0.15) is 10.4 Å². The first-order valence-electron chi connectivity index (χ1n) is 11.1. The van der Waals surface area contributed by atoms with Crippen LogP contribution in [0.5, 0.6) is 5.75 Å². The lowest BCUT2D eigenvalue weighted by Crippen LogP contribution is -2.39. The number of carbonyl (C=O) groups excluding carboxylic acids is 1. The van der Waals surface area contributed by atoms with Gasteiger partial charge < -0.3 is 14.2 Å². The normalized spacial score (nSPS) is 15.9. The Kier molecular flexibility index (Phi) is 4.88. The molecule has 1 fully saturated rings. The van der Waals surface area contributed by atoms with Gasteiger partial charge in [0.1, 0.15) is 11.4 Å². The maximum Gasteiger partial charge on any atom is 0.297 e. The van der Waals surface area contributed by atoms with Crippen LogP contribution in [0.2, 0.25) is 0 Å². The molecule has 1 spiro atoms. The summed E-state index contributed by atoms with van der Waals surface area (Å²) in [4.78, 5) is 15.5. The Morgan fingerprint density at radius 3 is 2.37 bits per heavy atom. The van der Waals surface area contributed by atoms with Crippen molar-refractivity contribution in [2.24, 2.45) is 0 Å². The number of amides is 1. The van der Waals surface area contributed by atoms with E-state index in [1.165, 1.54) is 0 Å². The molecule has 0 unspecified atom stereocenters. The van der Waals surface area contributed by atoms with Crippen molar-refractivity contribution in [3.63, 3.8) is 0 Å². The van der Waals surface area contributed by atoms with Crippen LogP contribution >= 0.6 is 0 Å². The van der Waals surface area contributed by atoms with Gasteiger partial charge in [-0.1, -0.05) is 18.2 Å². The lowest BCUT2D eigenvalue weighted by atomic mass is 10.1. The molecule has 1 saturated heterocycles. The highest BCUT2D eigenvalue weighted by atomic mass is 16.7. The average molecular weight is 464 g/mol. The Morgan fingerprint density at radius 1 is 0.971 bits per heavy atom. The van der Waals surface area contributed by atoms with E-state index in [9.17, 15) is 4.79 Å². The van der Waals surface area contributed by atoms with E-state index in [-0.39, 0.29) is 5.91 Å². The van der Waals surface area contributed by atoms with Crippen LogP contribution in [0.4, 0.5) is 11.4 Å². The smallest absolute Gasteiger partial charge is 0.297 e. The van der Waals surface area contributed by atoms with E-state index in [4.69, 9.17) is 24.6 Å². The minimum atomic E-state index is -1.45. The SMILES string of the molecule is COc1ccc(-c2nn(-c3ccc(C#N)cc3)cc2N2C(=O)C3(OCCO3)c3ccccc32)cc1. The van der Waals surface area contributed by atoms with Gasteiger partial charge in [0, 0.05) is 11.1 Å². The Labute approximate surface area is 201 Å². The molecular formula is C27H20N4O4. The molecule has 0 atom stereocenters. The molecule has 1 amide bonds. The molecule has 2 aliphatic rings. The third-order valence-electron chi connectivity index (χ3n) is 6.24. The minimum Gasteiger partial charge on any atom is -0.497 e. The third-order valence-corrected chi connectivity index (χ3v) is 6.24. The molecule has 2 aliphatic heterocycles. The van der Waals surface area contributed by atoms with Gasteiger partial charge in [-0.25, -0.2) is 4.68 Å². The second-order valence-corrected chi connectivity index (χ2v) is 8.17. The molecule has 0 N–H and O–H groups in total. The summed E-state index contributed by atoms with van der Waals surface area (Å²) in [7, 11) is 1.61. The first-order chi connectivity index (χ1) is 17.1. The van der Waals surface area contributed by atoms with Gasteiger partial charge in [0.15, 0.2) is 0 Å². The van der Waals surface area contributed by atoms with Crippen LogP contribution in [0.3, 0.4) is 0 Å². The Hall–Kier alpha value is -4.45. The van der Waals surface area contributed by atoms with Gasteiger partial charge in [0.05, 0.1) is 55.2 Å². The summed E-state index contributed by atoms with van der Waals surface area (Å²) in [6.45, 7) is 0.674. The fraction of sp³-hybridized carbons (Fsp3) is 0.148. The second kappa shape index (κ2) is 8.09. The van der Waals surface area contributed by atoms with Crippen molar-refractivity contribution in [1.29, 1.82) is 5.26 Å². The predicted molar refractivity (Wildman–Crippen MR) is 127 cm³/mol. The van der Waals surface area contributed by atoms with Crippen molar-refractivity contribution in [2.75, 3.05) is 25.2 Å². The van der Waals surface area contributed by atoms with Crippen LogP contribution < -0.4 is 9.64 Å². The molecule has 8 nitrogen and oxygen atoms in total. The maximum absolute atomic E-state index is 13.9. The zero-order valence-electron chi connectivity index (χ0n) is 18.8. The molecule has 3 heterocycles. The number of nitriles is 1. The number of hydrogen-bond donors (Lipinski definition) is 0. The molecule has 4 aromatic rings. The summed E-state index contributed by atoms with van der Waals surface area (Å²) in [5.74, 6) is -1.05. The molecule has 3 aromatic carbocycles. The number of ether oxygens (including phenoxy) is 3. The van der Waals surface area contributed by atoms with E-state index in [0.717, 1.165) is 17.0 Å². The fourth-order valence-corrected chi connectivity index (χ4v) is 4.55. The number of para-hydroxylation sites is 1. The van der Waals surface area contributed by atoms with E-state index in [1.807, 2.05) is 66.9 Å². The summed E-state index contributed by atoms with van der Waals surface area (Å²) in [5.41, 5.74) is 4.68. The average Bonchev–Trinajstić information content (AvgIpc) is 3.63. The van der Waals surface area contributed by atoms with Gasteiger partial charge in [-0.3, -0.25) is 9.69 Å². The van der Waals surface area contributed by atoms with Crippen LogP contribution in [-0.2, 0) is 20.1 Å². The third kappa shape index (κ3) is 3.21. The lowest BCUT2D eigenvalue weighted by molar-refractivity contribution is -0.180. The number of hydrogen-bond acceptors (Lipinski definition) is 6. The van der Waals surface area contributed by atoms with Crippen LogP contribution in [0.25, 0.3) is 16.9 Å². The Bertz CT molecular complexity index is 1460. The largest absolute Gasteiger partial charge is 0.497 e. The van der Waals surface area contributed by atoms with Gasteiger partial charge in [0.2, 0.25) is 0 Å². The predicted octanol–water partition coefficient (Wildman–Crippen LogP) is 4.30. The van der Waals surface area contributed by atoms with Crippen molar-refractivity contribution in [3.05, 3.63) is 90.1 Å². The van der Waals surface area contributed by atoms with Crippen molar-refractivity contribution >= 4 is 17.3 Å². The zero-order chi connectivity index (χ0) is 24.0. The highest BCUT2D eigenvalue weighted by Crippen LogP contribution is 2.50. The number of methoxy groups -OCH3 is 1. The molecule has 1 aromatic heterocycles. The first kappa shape index (κ1) is 21.1. The molecule has 0 aliphatic carbocycles. The van der Waals surface area contributed by atoms with Crippen LogP contribution in [0, 0.1) is 11.3 Å². The van der Waals surface area contributed by atoms with Crippen molar-refractivity contribution in [1.82, 2.24) is 9.78 Å². The quantitative estimate of drug-likeness (QED) is 0.447. The monoisotopic (exact) mass is 464 g/mol. The van der Waals surface area contributed by atoms with Crippen LogP contribution in [0.1, 0.15) is 11.1 Å². The van der Waals surface area contributed by atoms with Crippen molar-refractivity contribution in [2.45, 2.75) is 5.79 Å². The maximum atomic E-state index is 13.9. The number of fused-ring (bicyclic) bond motifs is 2. The topological polar surface area (TPSA) is 89.6 Å². The molecule has 0 radical (unpaired) electrons. The summed E-state index contributed by atoms with van der Waals surface area (Å²) in [6.07, 6.45) is 1.81. The fourth-order valence-electron chi connectivity index (χ4n) is 4.55. The van der Waals surface area contributed by atoms with Gasteiger partial charge in [-0.05, 0) is 54.6 Å². The highest BCUT2D eigenvalue weighted by molar-refractivity contribution is 6.13. The van der Waals surface area contributed by atoms with E-state index >= 15 is 0 Å². The van der Waals surface area contributed by atoms with Gasteiger partial charge >= 0.3 is 0 Å². The first-order valence-corrected chi connectivity index (χ1v) is 11.1. The van der Waals surface area contributed by atoms with E-state index in [2.05, 4.69) is 6.07 Å². The van der Waals surface area contributed by atoms with E-state index in [1.54, 1.807) is 28.8 Å². The van der Waals surface area contributed by atoms with Gasteiger partial charge in [-0.15, -0.1) is 0 Å². The minimum absolute atomic E-state index is 0.314. The summed E-state index contributed by atoms with van der Waals surface area (Å²) >= 11 is 0. The van der Waals surface area contributed by atoms with Gasteiger partial charge in [0.25, 0.3) is 11.7 Å². The molecule has 0 saturated carbocycles. The van der Waals surface area contributed by atoms with Crippen molar-refractivity contribution < 1.29 is 19.0 Å². The summed E-state index contributed by atoms with van der Waals surface area (Å²) < 4.78 is 18.8. The number of rotatable bonds is 4. The second-order valence-electron chi connectivity index (χ2n) is 8.17. The number of benzene rings is 3. The summed E-state index contributed by atoms with van der Waals surface area (Å²) in [6, 6.07) is 24.2. The van der Waals surface area contributed by atoms with Crippen LogP contribution in [0.15, 0.2) is 79.0 Å². The molecular weight excluding hydrogens is 444 g/mol. The summed E-state index contributed by atoms with van der Waals surface area (Å²) in [5, 5.41) is 14.0. The number of aromatic nitrogens is 2. The molecule has 0 bridgehead atoms. The van der Waals surface area contributed by atoms with Crippen molar-refractivity contribution in [3.8, 4) is 28.8 Å². The molecule has 172 valence electrons. The molecule has 35 heavy (non-hydrogen) atoms. The highest BCUT2D eigenvalue weighted by Gasteiger charge is 2.57. The van der Waals surface area contributed by atoms with E-state index in [0.29, 0.717) is 41.4 Å². The number of anilines is 2. The lowest BCUT2D eigenvalue weighted by Gasteiger charge is -2.22. The van der Waals surface area contributed by atoms with Crippen LogP contribution in [-0.4, -0.2) is 36.0 Å². The number of carbonyl (C=O) groups is 1. The Morgan fingerprint density at radius 2 is 1.69 bits per heavy atom. The number of nitrogens with zero attached hydrogens (tertiary/aromatic N) is 4. The zero-order valence-corrected chi connectivity index (χ0v) is 18.8. The standard InChI is InChI=1S/C27H20N4O4/c1-33-21-12-8-19(9-13-21)25-24(17-30(29-25)20-10-6-18(16-28)7-11-20)31-23-5-3-2-4-22(23)27(26(31)32)34-14-15-35-27/h2-13,17H,14-15H2,1H3.